The second-order valence-corrected chi connectivity index (χ2v) is 8.23. The molecule has 0 fully saturated rings. The van der Waals surface area contributed by atoms with Crippen LogP contribution in [0.2, 0.25) is 0 Å². The summed E-state index contributed by atoms with van der Waals surface area (Å²) in [5, 5.41) is 0. The lowest BCUT2D eigenvalue weighted by Gasteiger charge is -2.18. The van der Waals surface area contributed by atoms with Crippen molar-refractivity contribution in [2.75, 3.05) is 18.5 Å². The quantitative estimate of drug-likeness (QED) is 0.755. The van der Waals surface area contributed by atoms with E-state index in [-0.39, 0.29) is 10.8 Å². The number of carbonyl (C=O) groups is 1. The molecule has 27 heavy (non-hydrogen) atoms. The number of anilines is 1. The molecular weight excluding hydrogens is 362 g/mol. The molecule has 1 aliphatic rings. The lowest BCUT2D eigenvalue weighted by molar-refractivity contribution is 0.0989. The van der Waals surface area contributed by atoms with Gasteiger partial charge in [-0.25, -0.2) is 13.1 Å². The summed E-state index contributed by atoms with van der Waals surface area (Å²) in [6.07, 6.45) is 4.49. The fraction of sp³-hybridized carbons (Fsp3) is 0.150. The van der Waals surface area contributed by atoms with Crippen LogP contribution in [-0.4, -0.2) is 32.5 Å². The van der Waals surface area contributed by atoms with Crippen LogP contribution in [0.15, 0.2) is 71.9 Å². The molecule has 1 aromatic heterocycles. The van der Waals surface area contributed by atoms with Gasteiger partial charge in [-0.3, -0.25) is 4.79 Å². The first-order chi connectivity index (χ1) is 13.0. The Labute approximate surface area is 158 Å². The Morgan fingerprint density at radius 2 is 1.81 bits per heavy atom. The van der Waals surface area contributed by atoms with Crippen molar-refractivity contribution in [2.24, 2.45) is 0 Å². The fourth-order valence-electron chi connectivity index (χ4n) is 3.34. The molecule has 0 saturated heterocycles. The summed E-state index contributed by atoms with van der Waals surface area (Å²) in [7, 11) is -2.11. The van der Waals surface area contributed by atoms with Gasteiger partial charge in [0, 0.05) is 35.9 Å². The van der Waals surface area contributed by atoms with E-state index in [9.17, 15) is 13.2 Å². The predicted molar refractivity (Wildman–Crippen MR) is 104 cm³/mol. The molecule has 1 N–H and O–H groups in total. The highest BCUT2D eigenvalue weighted by Crippen LogP contribution is 2.31. The molecule has 1 amide bonds. The monoisotopic (exact) mass is 381 g/mol. The largest absolute Gasteiger partial charge is 0.324 e. The van der Waals surface area contributed by atoms with Crippen LogP contribution in [0.1, 0.15) is 15.9 Å². The summed E-state index contributed by atoms with van der Waals surface area (Å²) in [5.74, 6) is -0.0908. The van der Waals surface area contributed by atoms with Crippen molar-refractivity contribution in [3.8, 4) is 5.69 Å². The molecule has 1 aliphatic heterocycles. The summed E-state index contributed by atoms with van der Waals surface area (Å²) in [4.78, 5) is 15.0. The molecule has 0 unspecified atom stereocenters. The Kier molecular flexibility index (Phi) is 4.33. The lowest BCUT2D eigenvalue weighted by Crippen LogP contribution is -2.29. The van der Waals surface area contributed by atoms with Crippen LogP contribution in [0.25, 0.3) is 5.69 Å². The van der Waals surface area contributed by atoms with E-state index in [4.69, 9.17) is 0 Å². The highest BCUT2D eigenvalue weighted by atomic mass is 32.2. The van der Waals surface area contributed by atoms with E-state index in [0.29, 0.717) is 18.5 Å². The average Bonchev–Trinajstić information content (AvgIpc) is 3.37. The number of amides is 1. The molecule has 0 radical (unpaired) electrons. The minimum Gasteiger partial charge on any atom is -0.324 e. The van der Waals surface area contributed by atoms with Crippen molar-refractivity contribution >= 4 is 21.6 Å². The number of sulfonamides is 1. The van der Waals surface area contributed by atoms with Gasteiger partial charge >= 0.3 is 0 Å². The maximum absolute atomic E-state index is 13.1. The second-order valence-electron chi connectivity index (χ2n) is 6.35. The molecule has 0 spiro atoms. The maximum Gasteiger partial charge on any atom is 0.258 e. The SMILES string of the molecule is CNS(=O)(=O)c1ccc2c(c1)CCN2C(=O)c1cccc(-n2cccc2)c1. The normalized spacial score (nSPS) is 13.6. The van der Waals surface area contributed by atoms with Gasteiger partial charge in [-0.15, -0.1) is 0 Å². The molecule has 2 aromatic carbocycles. The Balaban J connectivity index is 1.65. The first kappa shape index (κ1) is 17.5. The average molecular weight is 381 g/mol. The van der Waals surface area contributed by atoms with E-state index < -0.39 is 10.0 Å². The Bertz CT molecular complexity index is 1110. The Morgan fingerprint density at radius 3 is 2.56 bits per heavy atom. The molecule has 7 heteroatoms. The Morgan fingerprint density at radius 1 is 1.04 bits per heavy atom. The zero-order valence-electron chi connectivity index (χ0n) is 14.8. The van der Waals surface area contributed by atoms with Gasteiger partial charge in [-0.1, -0.05) is 6.07 Å². The van der Waals surface area contributed by atoms with Crippen molar-refractivity contribution < 1.29 is 13.2 Å². The van der Waals surface area contributed by atoms with E-state index in [2.05, 4.69) is 4.72 Å². The van der Waals surface area contributed by atoms with Gasteiger partial charge < -0.3 is 9.47 Å². The maximum atomic E-state index is 13.1. The third-order valence-electron chi connectivity index (χ3n) is 4.77. The summed E-state index contributed by atoms with van der Waals surface area (Å²) in [6.45, 7) is 0.533. The molecule has 3 aromatic rings. The third-order valence-corrected chi connectivity index (χ3v) is 6.18. The first-order valence-electron chi connectivity index (χ1n) is 8.61. The first-order valence-corrected chi connectivity index (χ1v) is 10.1. The van der Waals surface area contributed by atoms with Gasteiger partial charge in [0.15, 0.2) is 0 Å². The van der Waals surface area contributed by atoms with Crippen molar-refractivity contribution in [3.05, 3.63) is 78.1 Å². The van der Waals surface area contributed by atoms with Crippen molar-refractivity contribution in [2.45, 2.75) is 11.3 Å². The van der Waals surface area contributed by atoms with E-state index in [1.165, 1.54) is 13.1 Å². The van der Waals surface area contributed by atoms with Crippen LogP contribution in [0, 0.1) is 0 Å². The molecule has 0 saturated carbocycles. The molecule has 4 rings (SSSR count). The van der Waals surface area contributed by atoms with Crippen LogP contribution in [0.4, 0.5) is 5.69 Å². The van der Waals surface area contributed by atoms with Crippen molar-refractivity contribution in [3.63, 3.8) is 0 Å². The fourth-order valence-corrected chi connectivity index (χ4v) is 4.12. The predicted octanol–water partition coefficient (Wildman–Crippen LogP) is 2.59. The molecule has 6 nitrogen and oxygen atoms in total. The van der Waals surface area contributed by atoms with Crippen LogP contribution in [-0.2, 0) is 16.4 Å². The van der Waals surface area contributed by atoms with Crippen LogP contribution >= 0.6 is 0 Å². The summed E-state index contributed by atoms with van der Waals surface area (Å²) < 4.78 is 28.3. The number of carbonyl (C=O) groups excluding carboxylic acids is 1. The van der Waals surface area contributed by atoms with Crippen molar-refractivity contribution in [1.82, 2.24) is 9.29 Å². The van der Waals surface area contributed by atoms with Crippen LogP contribution < -0.4 is 9.62 Å². The third kappa shape index (κ3) is 3.15. The number of nitrogens with one attached hydrogen (secondary N) is 1. The zero-order chi connectivity index (χ0) is 19.0. The second kappa shape index (κ2) is 6.68. The van der Waals surface area contributed by atoms with Crippen molar-refractivity contribution in [1.29, 1.82) is 0 Å². The number of benzene rings is 2. The Hall–Kier alpha value is -2.90. The molecule has 2 heterocycles. The zero-order valence-corrected chi connectivity index (χ0v) is 15.6. The van der Waals surface area contributed by atoms with E-state index >= 15 is 0 Å². The van der Waals surface area contributed by atoms with Gasteiger partial charge in [0.2, 0.25) is 10.0 Å². The molecule has 0 aliphatic carbocycles. The number of nitrogens with zero attached hydrogens (tertiary/aromatic N) is 2. The molecule has 0 atom stereocenters. The van der Waals surface area contributed by atoms with Gasteiger partial charge in [-0.2, -0.15) is 0 Å². The standard InChI is InChI=1S/C20H19N3O3S/c1-21-27(25,26)18-7-8-19-15(14-18)9-12-23(19)20(24)16-5-4-6-17(13-16)22-10-2-3-11-22/h2-8,10-11,13-14,21H,9,12H2,1H3. The van der Waals surface area contributed by atoms with E-state index in [1.54, 1.807) is 23.1 Å². The number of aromatic nitrogens is 1. The molecular formula is C20H19N3O3S. The van der Waals surface area contributed by atoms with E-state index in [1.807, 2.05) is 47.3 Å². The smallest absolute Gasteiger partial charge is 0.258 e. The van der Waals surface area contributed by atoms with Gasteiger partial charge in [0.05, 0.1) is 4.90 Å². The molecule has 138 valence electrons. The number of hydrogen-bond acceptors (Lipinski definition) is 3. The molecule has 0 bridgehead atoms. The minimum atomic E-state index is -3.50. The summed E-state index contributed by atoms with van der Waals surface area (Å²) in [5.41, 5.74) is 3.14. The lowest BCUT2D eigenvalue weighted by atomic mass is 10.1. The number of hydrogen-bond donors (Lipinski definition) is 1. The van der Waals surface area contributed by atoms with Gasteiger partial charge in [0.25, 0.3) is 5.91 Å². The highest BCUT2D eigenvalue weighted by molar-refractivity contribution is 7.89. The minimum absolute atomic E-state index is 0.0908. The number of rotatable bonds is 4. The topological polar surface area (TPSA) is 71.4 Å². The highest BCUT2D eigenvalue weighted by Gasteiger charge is 2.27. The van der Waals surface area contributed by atoms with Gasteiger partial charge in [0.1, 0.15) is 0 Å². The summed E-state index contributed by atoms with van der Waals surface area (Å²) >= 11 is 0. The van der Waals surface area contributed by atoms with Gasteiger partial charge in [-0.05, 0) is 67.6 Å². The summed E-state index contributed by atoms with van der Waals surface area (Å²) in [6, 6.07) is 16.2. The van der Waals surface area contributed by atoms with Crippen LogP contribution in [0.5, 0.6) is 0 Å². The van der Waals surface area contributed by atoms with E-state index in [0.717, 1.165) is 16.9 Å². The van der Waals surface area contributed by atoms with Crippen LogP contribution in [0.3, 0.4) is 0 Å². The number of fused-ring (bicyclic) bond motifs is 1.